The fraction of sp³-hybridized carbons (Fsp3) is 0.333. The standard InChI is InChI=1S/C15H18N6/c1-19-11-12(10-16-19)20-6-8-21(9-7-20)15-17-13-4-2-3-5-14(13)18-15/h2-5,10-11H,6-9H2,1H3,(H,17,18). The van der Waals surface area contributed by atoms with Crippen molar-refractivity contribution in [3.8, 4) is 0 Å². The molecule has 3 aromatic rings. The van der Waals surface area contributed by atoms with Crippen molar-refractivity contribution < 1.29 is 0 Å². The average molecular weight is 282 g/mol. The topological polar surface area (TPSA) is 53.0 Å². The highest BCUT2D eigenvalue weighted by molar-refractivity contribution is 5.77. The van der Waals surface area contributed by atoms with Crippen molar-refractivity contribution >= 4 is 22.7 Å². The highest BCUT2D eigenvalue weighted by Crippen LogP contribution is 2.20. The van der Waals surface area contributed by atoms with Crippen LogP contribution in [0.25, 0.3) is 11.0 Å². The van der Waals surface area contributed by atoms with Crippen LogP contribution in [0, 0.1) is 0 Å². The molecule has 21 heavy (non-hydrogen) atoms. The van der Waals surface area contributed by atoms with Crippen molar-refractivity contribution in [3.05, 3.63) is 36.7 Å². The number of aryl methyl sites for hydroxylation is 1. The van der Waals surface area contributed by atoms with Crippen molar-refractivity contribution in [2.75, 3.05) is 36.0 Å². The Bertz CT molecular complexity index is 717. The molecule has 0 spiro atoms. The summed E-state index contributed by atoms with van der Waals surface area (Å²) < 4.78 is 1.85. The summed E-state index contributed by atoms with van der Waals surface area (Å²) in [5.74, 6) is 0.974. The lowest BCUT2D eigenvalue weighted by Crippen LogP contribution is -2.46. The minimum Gasteiger partial charge on any atom is -0.365 e. The van der Waals surface area contributed by atoms with Gasteiger partial charge in [0.2, 0.25) is 5.95 Å². The molecule has 1 fully saturated rings. The Morgan fingerprint density at radius 1 is 1.05 bits per heavy atom. The van der Waals surface area contributed by atoms with E-state index in [1.165, 1.54) is 5.69 Å². The zero-order valence-electron chi connectivity index (χ0n) is 12.0. The average Bonchev–Trinajstić information content (AvgIpc) is 3.13. The molecule has 0 amide bonds. The zero-order chi connectivity index (χ0) is 14.2. The van der Waals surface area contributed by atoms with Gasteiger partial charge in [-0.05, 0) is 12.1 Å². The summed E-state index contributed by atoms with van der Waals surface area (Å²) in [7, 11) is 1.95. The molecule has 1 aromatic carbocycles. The van der Waals surface area contributed by atoms with Crippen molar-refractivity contribution in [1.82, 2.24) is 19.7 Å². The summed E-state index contributed by atoms with van der Waals surface area (Å²) in [6, 6.07) is 8.16. The monoisotopic (exact) mass is 282 g/mol. The van der Waals surface area contributed by atoms with E-state index in [-0.39, 0.29) is 0 Å². The number of anilines is 2. The lowest BCUT2D eigenvalue weighted by molar-refractivity contribution is 0.643. The quantitative estimate of drug-likeness (QED) is 0.776. The highest BCUT2D eigenvalue weighted by atomic mass is 15.3. The molecule has 6 nitrogen and oxygen atoms in total. The van der Waals surface area contributed by atoms with E-state index >= 15 is 0 Å². The molecule has 1 saturated heterocycles. The number of nitrogens with one attached hydrogen (secondary N) is 1. The van der Waals surface area contributed by atoms with Gasteiger partial charge < -0.3 is 14.8 Å². The van der Waals surface area contributed by atoms with E-state index in [2.05, 4.69) is 37.1 Å². The second kappa shape index (κ2) is 4.80. The summed E-state index contributed by atoms with van der Waals surface area (Å²) in [6.45, 7) is 3.91. The van der Waals surface area contributed by atoms with Gasteiger partial charge in [0.15, 0.2) is 0 Å². The fourth-order valence-corrected chi connectivity index (χ4v) is 2.84. The Balaban J connectivity index is 1.49. The van der Waals surface area contributed by atoms with E-state index in [4.69, 9.17) is 0 Å². The predicted molar refractivity (Wildman–Crippen MR) is 83.7 cm³/mol. The van der Waals surface area contributed by atoms with Crippen LogP contribution in [0.4, 0.5) is 11.6 Å². The van der Waals surface area contributed by atoms with E-state index in [9.17, 15) is 0 Å². The SMILES string of the molecule is Cn1cc(N2CCN(c3nc4ccccc4[nH]3)CC2)cn1. The van der Waals surface area contributed by atoms with E-state index < -0.39 is 0 Å². The van der Waals surface area contributed by atoms with Crippen LogP contribution in [-0.2, 0) is 7.05 Å². The van der Waals surface area contributed by atoms with Crippen molar-refractivity contribution in [3.63, 3.8) is 0 Å². The molecule has 0 radical (unpaired) electrons. The Labute approximate surface area is 123 Å². The van der Waals surface area contributed by atoms with Crippen LogP contribution in [0.3, 0.4) is 0 Å². The molecule has 6 heteroatoms. The first-order chi connectivity index (χ1) is 10.3. The minimum absolute atomic E-state index is 0.967. The van der Waals surface area contributed by atoms with Gasteiger partial charge in [-0.1, -0.05) is 12.1 Å². The Hall–Kier alpha value is -2.50. The number of para-hydroxylation sites is 2. The third-order valence-corrected chi connectivity index (χ3v) is 4.01. The molecule has 0 aliphatic carbocycles. The number of nitrogens with zero attached hydrogens (tertiary/aromatic N) is 5. The minimum atomic E-state index is 0.967. The first-order valence-corrected chi connectivity index (χ1v) is 7.23. The van der Waals surface area contributed by atoms with Gasteiger partial charge in [-0.15, -0.1) is 0 Å². The normalized spacial score (nSPS) is 15.9. The first kappa shape index (κ1) is 12.3. The molecule has 1 N–H and O–H groups in total. The number of imidazole rings is 1. The van der Waals surface area contributed by atoms with Crippen LogP contribution in [0.15, 0.2) is 36.7 Å². The molecule has 1 aliphatic rings. The number of aromatic nitrogens is 4. The van der Waals surface area contributed by atoms with Gasteiger partial charge in [0.25, 0.3) is 0 Å². The third kappa shape index (κ3) is 2.22. The molecule has 0 unspecified atom stereocenters. The Morgan fingerprint density at radius 3 is 2.52 bits per heavy atom. The van der Waals surface area contributed by atoms with Crippen molar-refractivity contribution in [1.29, 1.82) is 0 Å². The van der Waals surface area contributed by atoms with Gasteiger partial charge in [-0.2, -0.15) is 5.10 Å². The molecule has 1 aliphatic heterocycles. The maximum absolute atomic E-state index is 4.67. The molecule has 108 valence electrons. The summed E-state index contributed by atoms with van der Waals surface area (Å²) in [4.78, 5) is 12.8. The van der Waals surface area contributed by atoms with Gasteiger partial charge in [0.05, 0.1) is 22.9 Å². The summed E-state index contributed by atoms with van der Waals surface area (Å²) in [5, 5.41) is 4.24. The lowest BCUT2D eigenvalue weighted by atomic mass is 10.3. The summed E-state index contributed by atoms with van der Waals surface area (Å²) in [6.07, 6.45) is 3.99. The predicted octanol–water partition coefficient (Wildman–Crippen LogP) is 1.62. The Morgan fingerprint density at radius 2 is 1.81 bits per heavy atom. The molecule has 0 bridgehead atoms. The molecule has 3 heterocycles. The number of rotatable bonds is 2. The second-order valence-electron chi connectivity index (χ2n) is 5.42. The van der Waals surface area contributed by atoms with Crippen LogP contribution in [0.5, 0.6) is 0 Å². The molecule has 0 atom stereocenters. The van der Waals surface area contributed by atoms with Crippen LogP contribution in [0.2, 0.25) is 0 Å². The molecular formula is C15H18N6. The van der Waals surface area contributed by atoms with E-state index in [1.54, 1.807) is 0 Å². The molecule has 0 saturated carbocycles. The number of benzene rings is 1. The maximum Gasteiger partial charge on any atom is 0.203 e. The van der Waals surface area contributed by atoms with Crippen LogP contribution in [0.1, 0.15) is 0 Å². The fourth-order valence-electron chi connectivity index (χ4n) is 2.84. The van der Waals surface area contributed by atoms with E-state index in [1.807, 2.05) is 36.1 Å². The van der Waals surface area contributed by atoms with Crippen LogP contribution >= 0.6 is 0 Å². The first-order valence-electron chi connectivity index (χ1n) is 7.23. The number of piperazine rings is 1. The second-order valence-corrected chi connectivity index (χ2v) is 5.42. The van der Waals surface area contributed by atoms with Gasteiger partial charge in [-0.25, -0.2) is 4.98 Å². The summed E-state index contributed by atoms with van der Waals surface area (Å²) in [5.41, 5.74) is 3.33. The third-order valence-electron chi connectivity index (χ3n) is 4.01. The molecular weight excluding hydrogens is 264 g/mol. The smallest absolute Gasteiger partial charge is 0.203 e. The van der Waals surface area contributed by atoms with Gasteiger partial charge >= 0.3 is 0 Å². The summed E-state index contributed by atoms with van der Waals surface area (Å²) >= 11 is 0. The molecule has 2 aromatic heterocycles. The van der Waals surface area contributed by atoms with Crippen LogP contribution in [-0.4, -0.2) is 45.9 Å². The maximum atomic E-state index is 4.67. The molecule has 4 rings (SSSR count). The number of hydrogen-bond donors (Lipinski definition) is 1. The van der Waals surface area contributed by atoms with E-state index in [0.29, 0.717) is 0 Å². The van der Waals surface area contributed by atoms with E-state index in [0.717, 1.165) is 43.2 Å². The highest BCUT2D eigenvalue weighted by Gasteiger charge is 2.20. The van der Waals surface area contributed by atoms with Crippen molar-refractivity contribution in [2.45, 2.75) is 0 Å². The van der Waals surface area contributed by atoms with Gasteiger partial charge in [0, 0.05) is 39.4 Å². The number of fused-ring (bicyclic) bond motifs is 1. The van der Waals surface area contributed by atoms with Crippen LogP contribution < -0.4 is 9.80 Å². The van der Waals surface area contributed by atoms with Gasteiger partial charge in [0.1, 0.15) is 0 Å². The number of aromatic amines is 1. The Kier molecular flexibility index (Phi) is 2.80. The zero-order valence-corrected chi connectivity index (χ0v) is 12.0. The largest absolute Gasteiger partial charge is 0.365 e. The van der Waals surface area contributed by atoms with Gasteiger partial charge in [-0.3, -0.25) is 4.68 Å². The lowest BCUT2D eigenvalue weighted by Gasteiger charge is -2.35. The van der Waals surface area contributed by atoms with Crippen molar-refractivity contribution in [2.24, 2.45) is 7.05 Å². The number of H-pyrrole nitrogens is 1. The number of hydrogen-bond acceptors (Lipinski definition) is 4.